The van der Waals surface area contributed by atoms with Crippen LogP contribution in [0.2, 0.25) is 0 Å². The zero-order valence-corrected chi connectivity index (χ0v) is 14.0. The predicted molar refractivity (Wildman–Crippen MR) is 92.1 cm³/mol. The maximum absolute atomic E-state index is 12.2. The number of anilines is 1. The van der Waals surface area contributed by atoms with Crippen LogP contribution in [0.3, 0.4) is 0 Å². The minimum Gasteiger partial charge on any atom is -0.334 e. The number of amides is 2. The molecule has 6 heteroatoms. The van der Waals surface area contributed by atoms with Gasteiger partial charge in [0.05, 0.1) is 12.5 Å². The minimum atomic E-state index is -0.605. The Labute approximate surface area is 142 Å². The second-order valence-electron chi connectivity index (χ2n) is 6.75. The van der Waals surface area contributed by atoms with E-state index in [1.165, 1.54) is 18.1 Å². The largest absolute Gasteiger partial charge is 0.334 e. The molecule has 0 saturated carbocycles. The number of H-pyrrole nitrogens is 1. The number of nitrogens with zero attached hydrogens (tertiary/aromatic N) is 2. The SMILES string of the molecule is CC1C=CC=C(CC2CCN(C(=O)C(=O)Nc3cnc[nH]3)CC2)C1. The molecule has 2 N–H and O–H groups in total. The molecule has 2 heterocycles. The first kappa shape index (κ1) is 16.5. The highest BCUT2D eigenvalue weighted by molar-refractivity contribution is 6.39. The number of carbonyl (C=O) groups is 2. The Hall–Kier alpha value is -2.37. The molecular formula is C18H24N4O2. The Morgan fingerprint density at radius 3 is 2.83 bits per heavy atom. The van der Waals surface area contributed by atoms with E-state index in [4.69, 9.17) is 0 Å². The van der Waals surface area contributed by atoms with Crippen LogP contribution in [0.4, 0.5) is 5.82 Å². The van der Waals surface area contributed by atoms with Gasteiger partial charge in [-0.05, 0) is 37.5 Å². The lowest BCUT2D eigenvalue weighted by molar-refractivity contribution is -0.144. The van der Waals surface area contributed by atoms with E-state index in [1.54, 1.807) is 4.90 Å². The van der Waals surface area contributed by atoms with Crippen LogP contribution >= 0.6 is 0 Å². The lowest BCUT2D eigenvalue weighted by Gasteiger charge is -2.32. The fourth-order valence-corrected chi connectivity index (χ4v) is 3.44. The molecule has 2 aliphatic rings. The van der Waals surface area contributed by atoms with Crippen molar-refractivity contribution in [3.8, 4) is 0 Å². The van der Waals surface area contributed by atoms with Gasteiger partial charge < -0.3 is 15.2 Å². The Morgan fingerprint density at radius 1 is 1.38 bits per heavy atom. The summed E-state index contributed by atoms with van der Waals surface area (Å²) in [5.74, 6) is 0.602. The third-order valence-electron chi connectivity index (χ3n) is 4.75. The summed E-state index contributed by atoms with van der Waals surface area (Å²) in [5, 5.41) is 2.54. The maximum Gasteiger partial charge on any atom is 0.315 e. The zero-order valence-electron chi connectivity index (χ0n) is 14.0. The van der Waals surface area contributed by atoms with Crippen molar-refractivity contribution < 1.29 is 9.59 Å². The summed E-state index contributed by atoms with van der Waals surface area (Å²) in [6, 6.07) is 0. The number of aromatic nitrogens is 2. The molecule has 1 aromatic rings. The second kappa shape index (κ2) is 7.47. The predicted octanol–water partition coefficient (Wildman–Crippen LogP) is 2.50. The van der Waals surface area contributed by atoms with Crippen molar-refractivity contribution in [2.45, 2.75) is 32.6 Å². The van der Waals surface area contributed by atoms with Gasteiger partial charge in [-0.1, -0.05) is 30.7 Å². The summed E-state index contributed by atoms with van der Waals surface area (Å²) in [6.07, 6.45) is 13.7. The highest BCUT2D eigenvalue weighted by Crippen LogP contribution is 2.29. The molecule has 1 unspecified atom stereocenters. The average molecular weight is 328 g/mol. The molecule has 1 saturated heterocycles. The highest BCUT2D eigenvalue weighted by atomic mass is 16.2. The van der Waals surface area contributed by atoms with Crippen molar-refractivity contribution in [3.63, 3.8) is 0 Å². The van der Waals surface area contributed by atoms with Crippen molar-refractivity contribution in [2.75, 3.05) is 18.4 Å². The van der Waals surface area contributed by atoms with E-state index >= 15 is 0 Å². The molecule has 1 fully saturated rings. The molecule has 24 heavy (non-hydrogen) atoms. The van der Waals surface area contributed by atoms with E-state index in [9.17, 15) is 9.59 Å². The standard InChI is InChI=1S/C18H24N4O2/c1-13-3-2-4-15(9-13)10-14-5-7-22(8-6-14)18(24)17(23)21-16-11-19-12-20-16/h2-4,11-14H,5-10H2,1H3,(H,19,20)(H,21,23). The molecule has 1 atom stereocenters. The molecule has 3 rings (SSSR count). The van der Waals surface area contributed by atoms with E-state index in [-0.39, 0.29) is 0 Å². The fourth-order valence-electron chi connectivity index (χ4n) is 3.44. The lowest BCUT2D eigenvalue weighted by atomic mass is 9.85. The van der Waals surface area contributed by atoms with E-state index < -0.39 is 11.8 Å². The normalized spacial score (nSPS) is 21.5. The number of hydrogen-bond donors (Lipinski definition) is 2. The molecule has 128 valence electrons. The Balaban J connectivity index is 1.46. The first-order chi connectivity index (χ1) is 11.6. The summed E-state index contributed by atoms with van der Waals surface area (Å²) in [4.78, 5) is 32.4. The maximum atomic E-state index is 12.2. The van der Waals surface area contributed by atoms with Crippen molar-refractivity contribution in [1.82, 2.24) is 14.9 Å². The van der Waals surface area contributed by atoms with Crippen LogP contribution in [0, 0.1) is 11.8 Å². The number of likely N-dealkylation sites (tertiary alicyclic amines) is 1. The van der Waals surface area contributed by atoms with Gasteiger partial charge in [0.2, 0.25) is 0 Å². The number of rotatable bonds is 3. The van der Waals surface area contributed by atoms with E-state index in [0.29, 0.717) is 30.7 Å². The molecular weight excluding hydrogens is 304 g/mol. The molecule has 2 amide bonds. The molecule has 0 spiro atoms. The molecule has 0 radical (unpaired) electrons. The first-order valence-electron chi connectivity index (χ1n) is 8.56. The summed E-state index contributed by atoms with van der Waals surface area (Å²) in [7, 11) is 0. The van der Waals surface area contributed by atoms with Gasteiger partial charge in [-0.15, -0.1) is 0 Å². The Bertz CT molecular complexity index is 640. The van der Waals surface area contributed by atoms with Gasteiger partial charge in [0, 0.05) is 13.1 Å². The number of nitrogens with one attached hydrogen (secondary N) is 2. The van der Waals surface area contributed by atoms with E-state index in [0.717, 1.165) is 25.7 Å². The third kappa shape index (κ3) is 4.13. The van der Waals surface area contributed by atoms with Crippen LogP contribution in [0.15, 0.2) is 36.3 Å². The van der Waals surface area contributed by atoms with Gasteiger partial charge >= 0.3 is 11.8 Å². The Kier molecular flexibility index (Phi) is 5.13. The van der Waals surface area contributed by atoms with Crippen molar-refractivity contribution >= 4 is 17.6 Å². The number of allylic oxidation sites excluding steroid dienone is 4. The fraction of sp³-hybridized carbons (Fsp3) is 0.500. The molecule has 1 aliphatic carbocycles. The Morgan fingerprint density at radius 2 is 2.17 bits per heavy atom. The first-order valence-corrected chi connectivity index (χ1v) is 8.56. The van der Waals surface area contributed by atoms with Crippen LogP contribution in [0.25, 0.3) is 0 Å². The molecule has 0 bridgehead atoms. The summed E-state index contributed by atoms with van der Waals surface area (Å²) < 4.78 is 0. The smallest absolute Gasteiger partial charge is 0.315 e. The van der Waals surface area contributed by atoms with Crippen LogP contribution in [0.1, 0.15) is 32.6 Å². The van der Waals surface area contributed by atoms with Crippen LogP contribution in [0.5, 0.6) is 0 Å². The minimum absolute atomic E-state index is 0.439. The van der Waals surface area contributed by atoms with Gasteiger partial charge in [-0.25, -0.2) is 4.98 Å². The van der Waals surface area contributed by atoms with Gasteiger partial charge in [0.1, 0.15) is 5.82 Å². The molecule has 6 nitrogen and oxygen atoms in total. The van der Waals surface area contributed by atoms with Crippen LogP contribution in [-0.4, -0.2) is 39.8 Å². The average Bonchev–Trinajstić information content (AvgIpc) is 3.08. The van der Waals surface area contributed by atoms with E-state index in [2.05, 4.69) is 40.4 Å². The highest BCUT2D eigenvalue weighted by Gasteiger charge is 2.27. The zero-order chi connectivity index (χ0) is 16.9. The number of aromatic amines is 1. The van der Waals surface area contributed by atoms with Crippen molar-refractivity contribution in [3.05, 3.63) is 36.3 Å². The summed E-state index contributed by atoms with van der Waals surface area (Å²) in [6.45, 7) is 3.54. The quantitative estimate of drug-likeness (QED) is 0.837. The summed E-state index contributed by atoms with van der Waals surface area (Å²) in [5.41, 5.74) is 1.51. The molecule has 1 aliphatic heterocycles. The lowest BCUT2D eigenvalue weighted by Crippen LogP contribution is -2.44. The van der Waals surface area contributed by atoms with Gasteiger partial charge in [-0.3, -0.25) is 9.59 Å². The van der Waals surface area contributed by atoms with Crippen molar-refractivity contribution in [1.29, 1.82) is 0 Å². The van der Waals surface area contributed by atoms with E-state index in [1.807, 2.05) is 0 Å². The topological polar surface area (TPSA) is 78.1 Å². The van der Waals surface area contributed by atoms with Gasteiger partial charge in [0.25, 0.3) is 0 Å². The number of piperidine rings is 1. The molecule has 1 aromatic heterocycles. The van der Waals surface area contributed by atoms with Crippen LogP contribution in [-0.2, 0) is 9.59 Å². The second-order valence-corrected chi connectivity index (χ2v) is 6.75. The summed E-state index contributed by atoms with van der Waals surface area (Å²) >= 11 is 0. The van der Waals surface area contributed by atoms with Gasteiger partial charge in [-0.2, -0.15) is 0 Å². The van der Waals surface area contributed by atoms with Crippen molar-refractivity contribution in [2.24, 2.45) is 11.8 Å². The van der Waals surface area contributed by atoms with Crippen LogP contribution < -0.4 is 5.32 Å². The number of imidazole rings is 1. The number of carbonyl (C=O) groups excluding carboxylic acids is 2. The monoisotopic (exact) mass is 328 g/mol. The van der Waals surface area contributed by atoms with Gasteiger partial charge in [0.15, 0.2) is 0 Å². The third-order valence-corrected chi connectivity index (χ3v) is 4.75. The number of hydrogen-bond acceptors (Lipinski definition) is 3. The molecule has 0 aromatic carbocycles.